The number of benzene rings is 1. The van der Waals surface area contributed by atoms with Gasteiger partial charge < -0.3 is 14.8 Å². The smallest absolute Gasteiger partial charge is 0.244 e. The predicted octanol–water partition coefficient (Wildman–Crippen LogP) is 5.25. The zero-order chi connectivity index (χ0) is 19.4. The lowest BCUT2D eigenvalue weighted by Crippen LogP contribution is -2.34. The second-order valence-corrected chi connectivity index (χ2v) is 7.42. The zero-order valence-electron chi connectivity index (χ0n) is 16.6. The molecule has 1 N–H and O–H groups in total. The van der Waals surface area contributed by atoms with E-state index in [4.69, 9.17) is 9.47 Å². The third kappa shape index (κ3) is 6.91. The average Bonchev–Trinajstić information content (AvgIpc) is 3.18. The molecule has 0 bridgehead atoms. The molecular formula is C24H31NO3. The first-order valence-corrected chi connectivity index (χ1v) is 10.5. The van der Waals surface area contributed by atoms with Gasteiger partial charge in [-0.3, -0.25) is 4.79 Å². The number of unbranched alkanes of at least 4 members (excludes halogenated alkanes) is 2. The van der Waals surface area contributed by atoms with Crippen molar-refractivity contribution < 1.29 is 14.3 Å². The highest BCUT2D eigenvalue weighted by Crippen LogP contribution is 2.32. The molecule has 0 unspecified atom stereocenters. The predicted molar refractivity (Wildman–Crippen MR) is 113 cm³/mol. The molecule has 0 spiro atoms. The van der Waals surface area contributed by atoms with E-state index in [9.17, 15) is 4.79 Å². The zero-order valence-corrected chi connectivity index (χ0v) is 16.6. The summed E-state index contributed by atoms with van der Waals surface area (Å²) < 4.78 is 10.7. The van der Waals surface area contributed by atoms with E-state index in [1.54, 1.807) is 6.08 Å². The van der Waals surface area contributed by atoms with Crippen molar-refractivity contribution >= 4 is 5.91 Å². The minimum absolute atomic E-state index is 0.0306. The summed E-state index contributed by atoms with van der Waals surface area (Å²) >= 11 is 0. The Bertz CT molecular complexity index is 715. The van der Waals surface area contributed by atoms with Gasteiger partial charge in [-0.1, -0.05) is 55.7 Å². The maximum Gasteiger partial charge on any atom is 0.244 e. The number of nitrogens with one attached hydrogen (secondary N) is 1. The Kier molecular flexibility index (Phi) is 8.23. The van der Waals surface area contributed by atoms with Crippen LogP contribution >= 0.6 is 0 Å². The molecule has 1 aliphatic heterocycles. The van der Waals surface area contributed by atoms with Crippen LogP contribution in [-0.2, 0) is 11.2 Å². The Labute approximate surface area is 168 Å². The highest BCUT2D eigenvalue weighted by Gasteiger charge is 2.14. The first-order valence-electron chi connectivity index (χ1n) is 10.5. The monoisotopic (exact) mass is 381 g/mol. The second-order valence-electron chi connectivity index (χ2n) is 7.42. The van der Waals surface area contributed by atoms with Crippen molar-refractivity contribution in [2.24, 2.45) is 0 Å². The van der Waals surface area contributed by atoms with Crippen LogP contribution in [0.2, 0.25) is 0 Å². The molecule has 3 rings (SSSR count). The first kappa shape index (κ1) is 20.2. The molecule has 1 aromatic carbocycles. The Morgan fingerprint density at radius 1 is 1.00 bits per heavy atom. The topological polar surface area (TPSA) is 47.6 Å². The van der Waals surface area contributed by atoms with Gasteiger partial charge in [0.2, 0.25) is 12.7 Å². The number of rotatable bonds is 9. The molecule has 1 amide bonds. The number of allylic oxidation sites excluding steroid dienone is 5. The number of ether oxygens (including phenoxy) is 2. The lowest BCUT2D eigenvalue weighted by Gasteiger charge is -2.21. The fraction of sp³-hybridized carbons (Fsp3) is 0.458. The maximum absolute atomic E-state index is 11.8. The van der Waals surface area contributed by atoms with Gasteiger partial charge in [-0.15, -0.1) is 0 Å². The number of fused-ring (bicyclic) bond motifs is 1. The van der Waals surface area contributed by atoms with Crippen molar-refractivity contribution in [3.05, 3.63) is 60.2 Å². The van der Waals surface area contributed by atoms with Gasteiger partial charge in [0.05, 0.1) is 0 Å². The van der Waals surface area contributed by atoms with Crippen LogP contribution in [0.25, 0.3) is 0 Å². The summed E-state index contributed by atoms with van der Waals surface area (Å²) in [6.45, 7) is 0.322. The van der Waals surface area contributed by atoms with Crippen LogP contribution < -0.4 is 14.8 Å². The lowest BCUT2D eigenvalue weighted by molar-refractivity contribution is -0.117. The Morgan fingerprint density at radius 2 is 1.82 bits per heavy atom. The number of hydrogen-bond acceptors (Lipinski definition) is 3. The standard InChI is InChI=1S/C24H31NO3/c26-24(25-21-13-9-7-10-14-21)15-11-6-4-2-1-3-5-8-12-20-16-17-22-23(18-20)28-19-27-22/h4-6,8,11,15-18,21H,1-3,7,9-10,12-14,19H2,(H,25,26)/b6-4+,8-5+,15-11+. The van der Waals surface area contributed by atoms with E-state index in [0.29, 0.717) is 12.8 Å². The van der Waals surface area contributed by atoms with E-state index < -0.39 is 0 Å². The minimum atomic E-state index is 0.0306. The highest BCUT2D eigenvalue weighted by molar-refractivity contribution is 5.87. The van der Waals surface area contributed by atoms with E-state index in [1.807, 2.05) is 24.3 Å². The second kappa shape index (κ2) is 11.4. The summed E-state index contributed by atoms with van der Waals surface area (Å²) in [6.07, 6.45) is 22.1. The Morgan fingerprint density at radius 3 is 2.71 bits per heavy atom. The quantitative estimate of drug-likeness (QED) is 0.275. The SMILES string of the molecule is O=C(/C=C/C=C/CCC/C=C/Cc1ccc2c(c1)OCO2)NC1CCCCC1. The van der Waals surface area contributed by atoms with E-state index in [2.05, 4.69) is 29.6 Å². The van der Waals surface area contributed by atoms with Gasteiger partial charge in [0.25, 0.3) is 0 Å². The van der Waals surface area contributed by atoms with Crippen LogP contribution in [0.3, 0.4) is 0 Å². The van der Waals surface area contributed by atoms with E-state index in [-0.39, 0.29) is 5.91 Å². The van der Waals surface area contributed by atoms with Crippen LogP contribution in [0.5, 0.6) is 11.5 Å². The summed E-state index contributed by atoms with van der Waals surface area (Å²) in [6, 6.07) is 6.47. The van der Waals surface area contributed by atoms with Gasteiger partial charge >= 0.3 is 0 Å². The molecule has 4 heteroatoms. The van der Waals surface area contributed by atoms with Crippen molar-refractivity contribution in [3.63, 3.8) is 0 Å². The van der Waals surface area contributed by atoms with Gasteiger partial charge in [0, 0.05) is 12.1 Å². The summed E-state index contributed by atoms with van der Waals surface area (Å²) in [5, 5.41) is 3.09. The van der Waals surface area contributed by atoms with Gasteiger partial charge in [-0.25, -0.2) is 0 Å². The fourth-order valence-electron chi connectivity index (χ4n) is 3.57. The molecule has 150 valence electrons. The molecule has 0 saturated heterocycles. The summed E-state index contributed by atoms with van der Waals surface area (Å²) in [7, 11) is 0. The summed E-state index contributed by atoms with van der Waals surface area (Å²) in [5.41, 5.74) is 1.23. The largest absolute Gasteiger partial charge is 0.454 e. The average molecular weight is 382 g/mol. The molecule has 0 aromatic heterocycles. The van der Waals surface area contributed by atoms with E-state index in [0.717, 1.165) is 50.0 Å². The fourth-order valence-corrected chi connectivity index (χ4v) is 3.57. The Balaban J connectivity index is 1.24. The third-order valence-electron chi connectivity index (χ3n) is 5.15. The summed E-state index contributed by atoms with van der Waals surface area (Å²) in [5.74, 6) is 1.71. The molecule has 1 fully saturated rings. The van der Waals surface area contributed by atoms with E-state index >= 15 is 0 Å². The molecule has 0 radical (unpaired) electrons. The number of carbonyl (C=O) groups excluding carboxylic acids is 1. The molecule has 1 aromatic rings. The lowest BCUT2D eigenvalue weighted by atomic mass is 9.95. The molecule has 0 atom stereocenters. The van der Waals surface area contributed by atoms with Crippen molar-refractivity contribution in [2.45, 2.75) is 63.8 Å². The molecule has 1 saturated carbocycles. The van der Waals surface area contributed by atoms with Gasteiger partial charge in [0.1, 0.15) is 0 Å². The number of hydrogen-bond donors (Lipinski definition) is 1. The van der Waals surface area contributed by atoms with Gasteiger partial charge in [-0.05, 0) is 56.2 Å². The van der Waals surface area contributed by atoms with Crippen LogP contribution in [0.1, 0.15) is 56.9 Å². The molecule has 1 heterocycles. The van der Waals surface area contributed by atoms with Crippen LogP contribution in [0.15, 0.2) is 54.7 Å². The molecule has 2 aliphatic rings. The molecule has 4 nitrogen and oxygen atoms in total. The van der Waals surface area contributed by atoms with Crippen LogP contribution in [0, 0.1) is 0 Å². The minimum Gasteiger partial charge on any atom is -0.454 e. The Hall–Kier alpha value is -2.49. The van der Waals surface area contributed by atoms with Gasteiger partial charge in [0.15, 0.2) is 11.5 Å². The van der Waals surface area contributed by atoms with Crippen molar-refractivity contribution in [1.82, 2.24) is 5.32 Å². The van der Waals surface area contributed by atoms with Crippen molar-refractivity contribution in [3.8, 4) is 11.5 Å². The number of carbonyl (C=O) groups is 1. The van der Waals surface area contributed by atoms with Crippen molar-refractivity contribution in [1.29, 1.82) is 0 Å². The highest BCUT2D eigenvalue weighted by atomic mass is 16.7. The number of amides is 1. The summed E-state index contributed by atoms with van der Waals surface area (Å²) in [4.78, 5) is 11.8. The normalized spacial score (nSPS) is 17.1. The first-order chi connectivity index (χ1) is 13.8. The van der Waals surface area contributed by atoms with Crippen molar-refractivity contribution in [2.75, 3.05) is 6.79 Å². The van der Waals surface area contributed by atoms with Gasteiger partial charge in [-0.2, -0.15) is 0 Å². The molecular weight excluding hydrogens is 350 g/mol. The van der Waals surface area contributed by atoms with Crippen LogP contribution in [0.4, 0.5) is 0 Å². The molecule has 28 heavy (non-hydrogen) atoms. The van der Waals surface area contributed by atoms with Crippen LogP contribution in [-0.4, -0.2) is 18.7 Å². The maximum atomic E-state index is 11.8. The molecule has 1 aliphatic carbocycles. The third-order valence-corrected chi connectivity index (χ3v) is 5.15. The van der Waals surface area contributed by atoms with E-state index in [1.165, 1.54) is 24.8 Å².